The average molecular weight is 575 g/mol. The summed E-state index contributed by atoms with van der Waals surface area (Å²) in [6.07, 6.45) is 3.75. The molecule has 0 atom stereocenters. The van der Waals surface area contributed by atoms with Gasteiger partial charge in [-0.2, -0.15) is 0 Å². The van der Waals surface area contributed by atoms with E-state index in [1.165, 1.54) is 60.7 Å². The lowest BCUT2D eigenvalue weighted by Crippen LogP contribution is -2.18. The number of hydrogen-bond acceptors (Lipinski definition) is 2. The Morgan fingerprint density at radius 2 is 1.07 bits per heavy atom. The second kappa shape index (κ2) is 9.18. The van der Waals surface area contributed by atoms with Gasteiger partial charge in [0, 0.05) is 50.9 Å². The molecule has 4 heteroatoms. The summed E-state index contributed by atoms with van der Waals surface area (Å²) in [5.41, 5.74) is 12.9. The molecule has 0 unspecified atom stereocenters. The molecule has 0 amide bonds. The molecule has 0 fully saturated rings. The van der Waals surface area contributed by atoms with Crippen molar-refractivity contribution in [2.24, 2.45) is 0 Å². The van der Waals surface area contributed by atoms with Crippen LogP contribution in [0.25, 0.3) is 66.1 Å². The first kappa shape index (κ1) is 24.3. The summed E-state index contributed by atoms with van der Waals surface area (Å²) >= 11 is 0. The van der Waals surface area contributed by atoms with Crippen LogP contribution in [0.3, 0.4) is 0 Å². The summed E-state index contributed by atoms with van der Waals surface area (Å²) in [5, 5.41) is 5.01. The van der Waals surface area contributed by atoms with Crippen molar-refractivity contribution >= 4 is 60.7 Å². The predicted molar refractivity (Wildman–Crippen MR) is 187 cm³/mol. The van der Waals surface area contributed by atoms with Crippen LogP contribution >= 0.6 is 0 Å². The van der Waals surface area contributed by atoms with Crippen molar-refractivity contribution < 1.29 is 0 Å². The van der Waals surface area contributed by atoms with Gasteiger partial charge in [0.05, 0.1) is 39.1 Å². The Labute approximate surface area is 259 Å². The maximum Gasteiger partial charge on any atom is 0.0783 e. The van der Waals surface area contributed by atoms with Gasteiger partial charge in [-0.15, -0.1) is 0 Å². The van der Waals surface area contributed by atoms with Gasteiger partial charge in [0.1, 0.15) is 0 Å². The number of rotatable bonds is 3. The first-order chi connectivity index (χ1) is 22.3. The first-order valence-corrected chi connectivity index (χ1v) is 15.3. The standard InChI is InChI=1S/C41H26N4/c1-2-13-29(14-3-1)43-35-18-5-4-16-31(35)33-24-40-34(25-39(33)43)32-17-9-21-38-41(32)45(40)37-20-7-6-19-36(37)44(38)30-15-8-11-27(23-30)28-12-10-22-42-26-28/h1-26H. The van der Waals surface area contributed by atoms with Gasteiger partial charge in [-0.25, -0.2) is 0 Å². The Balaban J connectivity index is 1.30. The zero-order valence-electron chi connectivity index (χ0n) is 24.3. The minimum Gasteiger partial charge on any atom is -0.309 e. The summed E-state index contributed by atoms with van der Waals surface area (Å²) in [6.45, 7) is 0. The summed E-state index contributed by atoms with van der Waals surface area (Å²) in [4.78, 5) is 6.78. The van der Waals surface area contributed by atoms with Crippen LogP contribution in [0, 0.1) is 0 Å². The van der Waals surface area contributed by atoms with Crippen molar-refractivity contribution in [1.82, 2.24) is 14.1 Å². The molecular weight excluding hydrogens is 548 g/mol. The van der Waals surface area contributed by atoms with Crippen LogP contribution in [0.2, 0.25) is 0 Å². The molecule has 10 rings (SSSR count). The van der Waals surface area contributed by atoms with Gasteiger partial charge in [-0.1, -0.05) is 78.9 Å². The first-order valence-electron chi connectivity index (χ1n) is 15.3. The summed E-state index contributed by atoms with van der Waals surface area (Å²) in [5.74, 6) is 0. The number of hydrogen-bond donors (Lipinski definition) is 0. The number of benzene rings is 6. The van der Waals surface area contributed by atoms with E-state index in [9.17, 15) is 0 Å². The number of anilines is 3. The highest BCUT2D eigenvalue weighted by Gasteiger charge is 2.29. The molecule has 0 N–H and O–H groups in total. The lowest BCUT2D eigenvalue weighted by Gasteiger charge is -2.33. The van der Waals surface area contributed by atoms with E-state index < -0.39 is 0 Å². The van der Waals surface area contributed by atoms with Crippen LogP contribution < -0.4 is 4.90 Å². The molecule has 6 aromatic carbocycles. The summed E-state index contributed by atoms with van der Waals surface area (Å²) < 4.78 is 4.88. The second-order valence-electron chi connectivity index (χ2n) is 11.7. The fourth-order valence-electron chi connectivity index (χ4n) is 7.40. The van der Waals surface area contributed by atoms with Crippen LogP contribution in [0.15, 0.2) is 158 Å². The van der Waals surface area contributed by atoms with Crippen molar-refractivity contribution in [1.29, 1.82) is 0 Å². The SMILES string of the molecule is c1ccc(-n2c3ccccc3c3cc4c(cc32)c2cccc3c2n4-c2ccccc2N3c2cccc(-c3cccnc3)c2)cc1. The Morgan fingerprint density at radius 1 is 0.400 bits per heavy atom. The third-order valence-electron chi connectivity index (χ3n) is 9.28. The van der Waals surface area contributed by atoms with Crippen molar-refractivity contribution in [2.75, 3.05) is 4.90 Å². The molecule has 0 spiro atoms. The second-order valence-corrected chi connectivity index (χ2v) is 11.7. The van der Waals surface area contributed by atoms with Crippen molar-refractivity contribution in [3.63, 3.8) is 0 Å². The van der Waals surface area contributed by atoms with E-state index in [-0.39, 0.29) is 0 Å². The maximum absolute atomic E-state index is 4.37. The van der Waals surface area contributed by atoms with E-state index in [2.05, 4.69) is 159 Å². The summed E-state index contributed by atoms with van der Waals surface area (Å²) in [7, 11) is 0. The highest BCUT2D eigenvalue weighted by Crippen LogP contribution is 2.50. The van der Waals surface area contributed by atoms with E-state index in [0.717, 1.165) is 22.5 Å². The smallest absolute Gasteiger partial charge is 0.0783 e. The van der Waals surface area contributed by atoms with Crippen LogP contribution in [0.5, 0.6) is 0 Å². The molecule has 1 aliphatic heterocycles. The lowest BCUT2D eigenvalue weighted by molar-refractivity contribution is 1.11. The molecule has 9 aromatic rings. The van der Waals surface area contributed by atoms with E-state index in [4.69, 9.17) is 0 Å². The molecule has 210 valence electrons. The molecule has 4 heterocycles. The minimum atomic E-state index is 1.11. The van der Waals surface area contributed by atoms with Crippen LogP contribution in [-0.2, 0) is 0 Å². The third-order valence-corrected chi connectivity index (χ3v) is 9.28. The minimum absolute atomic E-state index is 1.11. The van der Waals surface area contributed by atoms with Crippen molar-refractivity contribution in [2.45, 2.75) is 0 Å². The van der Waals surface area contributed by atoms with E-state index >= 15 is 0 Å². The Morgan fingerprint density at radius 3 is 1.93 bits per heavy atom. The fourth-order valence-corrected chi connectivity index (χ4v) is 7.40. The molecule has 3 aromatic heterocycles. The molecule has 0 radical (unpaired) electrons. The van der Waals surface area contributed by atoms with Gasteiger partial charge in [0.2, 0.25) is 0 Å². The molecule has 0 aliphatic carbocycles. The van der Waals surface area contributed by atoms with Gasteiger partial charge < -0.3 is 14.0 Å². The van der Waals surface area contributed by atoms with Crippen molar-refractivity contribution in [3.8, 4) is 22.5 Å². The Bertz CT molecular complexity index is 2590. The highest BCUT2D eigenvalue weighted by atomic mass is 15.2. The molecule has 4 nitrogen and oxygen atoms in total. The van der Waals surface area contributed by atoms with Crippen molar-refractivity contribution in [3.05, 3.63) is 158 Å². The Kier molecular flexibility index (Phi) is 4.96. The normalized spacial score (nSPS) is 12.4. The van der Waals surface area contributed by atoms with Gasteiger partial charge in [0.25, 0.3) is 0 Å². The predicted octanol–water partition coefficient (Wildman–Crippen LogP) is 10.7. The van der Waals surface area contributed by atoms with E-state index in [1.807, 2.05) is 18.5 Å². The molecular formula is C41H26N4. The van der Waals surface area contributed by atoms with Gasteiger partial charge in [0.15, 0.2) is 0 Å². The largest absolute Gasteiger partial charge is 0.309 e. The molecule has 0 saturated carbocycles. The zero-order valence-corrected chi connectivity index (χ0v) is 24.3. The van der Waals surface area contributed by atoms with Gasteiger partial charge in [-0.05, 0) is 72.3 Å². The quantitative estimate of drug-likeness (QED) is 0.210. The molecule has 45 heavy (non-hydrogen) atoms. The highest BCUT2D eigenvalue weighted by molar-refractivity contribution is 6.22. The van der Waals surface area contributed by atoms with Crippen LogP contribution in [0.4, 0.5) is 17.1 Å². The topological polar surface area (TPSA) is 26.0 Å². The number of fused-ring (bicyclic) bond motifs is 8. The fraction of sp³-hybridized carbons (Fsp3) is 0. The molecule has 0 saturated heterocycles. The number of nitrogens with zero attached hydrogens (tertiary/aromatic N) is 4. The monoisotopic (exact) mass is 574 g/mol. The zero-order chi connectivity index (χ0) is 29.5. The maximum atomic E-state index is 4.37. The van der Waals surface area contributed by atoms with E-state index in [1.54, 1.807) is 0 Å². The van der Waals surface area contributed by atoms with Crippen LogP contribution in [-0.4, -0.2) is 14.1 Å². The number of pyridine rings is 1. The van der Waals surface area contributed by atoms with E-state index in [0.29, 0.717) is 0 Å². The summed E-state index contributed by atoms with van der Waals surface area (Å²) in [6, 6.07) is 52.7. The third kappa shape index (κ3) is 3.39. The Hall–Kier alpha value is -6.13. The lowest BCUT2D eigenvalue weighted by atomic mass is 10.0. The van der Waals surface area contributed by atoms with Crippen LogP contribution in [0.1, 0.15) is 0 Å². The number of aromatic nitrogens is 3. The van der Waals surface area contributed by atoms with Gasteiger partial charge in [-0.3, -0.25) is 4.98 Å². The number of para-hydroxylation sites is 5. The molecule has 0 bridgehead atoms. The molecule has 1 aliphatic rings. The average Bonchev–Trinajstić information content (AvgIpc) is 3.61. The van der Waals surface area contributed by atoms with Gasteiger partial charge >= 0.3 is 0 Å².